The van der Waals surface area contributed by atoms with Crippen LogP contribution < -0.4 is 10.5 Å². The molecular weight excluding hydrogens is 286 g/mol. The second kappa shape index (κ2) is 6.24. The van der Waals surface area contributed by atoms with E-state index in [-0.39, 0.29) is 18.2 Å². The summed E-state index contributed by atoms with van der Waals surface area (Å²) in [5.41, 5.74) is 6.70. The van der Waals surface area contributed by atoms with E-state index in [1.807, 2.05) is 54.6 Å². The summed E-state index contributed by atoms with van der Waals surface area (Å²) < 4.78 is 5.77. The molecule has 0 atom stereocenters. The molecule has 4 nitrogen and oxygen atoms in total. The first kappa shape index (κ1) is 14.8. The number of rotatable bonds is 3. The van der Waals surface area contributed by atoms with Crippen LogP contribution in [0.4, 0.5) is 0 Å². The molecule has 0 aliphatic rings. The molecule has 0 spiro atoms. The number of halogens is 1. The summed E-state index contributed by atoms with van der Waals surface area (Å²) in [7, 11) is 0. The predicted octanol–water partition coefficient (Wildman–Crippen LogP) is 3.73. The van der Waals surface area contributed by atoms with E-state index in [4.69, 9.17) is 15.9 Å². The van der Waals surface area contributed by atoms with E-state index in [0.717, 1.165) is 22.4 Å². The van der Waals surface area contributed by atoms with E-state index in [1.165, 1.54) is 0 Å². The third-order valence-electron chi connectivity index (χ3n) is 2.92. The first-order valence-electron chi connectivity index (χ1n) is 6.20. The molecular formula is C16H14ClN3O. The van der Waals surface area contributed by atoms with Gasteiger partial charge in [-0.2, -0.15) is 0 Å². The second-order valence-corrected chi connectivity index (χ2v) is 4.38. The standard InChI is InChI=1S/C16H13N3O.ClH/c17-16(18)15-8-6-11-10-13(7-9-14(11)19-15)20-12-4-2-1-3-5-12;/h1-10H,(H3,17,18);1H. The highest BCUT2D eigenvalue weighted by atomic mass is 35.5. The molecule has 0 unspecified atom stereocenters. The molecule has 2 aromatic carbocycles. The number of hydrogen-bond donors (Lipinski definition) is 2. The average Bonchev–Trinajstić information content (AvgIpc) is 2.47. The minimum atomic E-state index is -0.0310. The normalized spacial score (nSPS) is 9.90. The van der Waals surface area contributed by atoms with Gasteiger partial charge >= 0.3 is 0 Å². The molecule has 3 N–H and O–H groups in total. The van der Waals surface area contributed by atoms with Gasteiger partial charge < -0.3 is 10.5 Å². The smallest absolute Gasteiger partial charge is 0.141 e. The van der Waals surface area contributed by atoms with Crippen LogP contribution in [-0.2, 0) is 0 Å². The fourth-order valence-electron chi connectivity index (χ4n) is 1.94. The van der Waals surface area contributed by atoms with Crippen LogP contribution >= 0.6 is 12.4 Å². The van der Waals surface area contributed by atoms with Gasteiger partial charge in [0.25, 0.3) is 0 Å². The highest BCUT2D eigenvalue weighted by Gasteiger charge is 2.03. The van der Waals surface area contributed by atoms with Crippen molar-refractivity contribution in [2.24, 2.45) is 5.73 Å². The topological polar surface area (TPSA) is 72.0 Å². The zero-order valence-corrected chi connectivity index (χ0v) is 11.9. The number of fused-ring (bicyclic) bond motifs is 1. The molecule has 0 bridgehead atoms. The molecule has 5 heteroatoms. The zero-order valence-electron chi connectivity index (χ0n) is 11.1. The van der Waals surface area contributed by atoms with Crippen molar-refractivity contribution in [3.8, 4) is 11.5 Å². The number of amidine groups is 1. The number of benzene rings is 2. The minimum Gasteiger partial charge on any atom is -0.457 e. The average molecular weight is 300 g/mol. The van der Waals surface area contributed by atoms with Crippen molar-refractivity contribution in [3.63, 3.8) is 0 Å². The summed E-state index contributed by atoms with van der Waals surface area (Å²) in [6, 6.07) is 18.9. The van der Waals surface area contributed by atoms with E-state index in [9.17, 15) is 0 Å². The quantitative estimate of drug-likeness (QED) is 0.572. The van der Waals surface area contributed by atoms with Crippen LogP contribution in [0.3, 0.4) is 0 Å². The fraction of sp³-hybridized carbons (Fsp3) is 0. The number of hydrogen-bond acceptors (Lipinski definition) is 3. The molecule has 3 aromatic rings. The van der Waals surface area contributed by atoms with Crippen LogP contribution in [0.5, 0.6) is 11.5 Å². The van der Waals surface area contributed by atoms with Crippen LogP contribution in [0.15, 0.2) is 60.7 Å². The zero-order chi connectivity index (χ0) is 13.9. The van der Waals surface area contributed by atoms with Gasteiger partial charge in [-0.25, -0.2) is 4.98 Å². The first-order valence-corrected chi connectivity index (χ1v) is 6.20. The Morgan fingerprint density at radius 3 is 2.43 bits per heavy atom. The number of ether oxygens (including phenoxy) is 1. The van der Waals surface area contributed by atoms with Gasteiger partial charge in [0.05, 0.1) is 5.52 Å². The van der Waals surface area contributed by atoms with Gasteiger partial charge in [0.2, 0.25) is 0 Å². The number of nitrogen functional groups attached to an aromatic ring is 1. The third kappa shape index (κ3) is 3.30. The summed E-state index contributed by atoms with van der Waals surface area (Å²) in [5, 5.41) is 8.34. The molecule has 0 saturated heterocycles. The van der Waals surface area contributed by atoms with Crippen LogP contribution in [0.25, 0.3) is 10.9 Å². The Labute approximate surface area is 128 Å². The second-order valence-electron chi connectivity index (χ2n) is 4.38. The Balaban J connectivity index is 0.00000161. The molecule has 0 saturated carbocycles. The maximum Gasteiger partial charge on any atom is 0.141 e. The lowest BCUT2D eigenvalue weighted by molar-refractivity contribution is 0.483. The Morgan fingerprint density at radius 1 is 0.952 bits per heavy atom. The SMILES string of the molecule is Cl.N=C(N)c1ccc2cc(Oc3ccccc3)ccc2n1. The van der Waals surface area contributed by atoms with E-state index >= 15 is 0 Å². The van der Waals surface area contributed by atoms with E-state index in [0.29, 0.717) is 5.69 Å². The van der Waals surface area contributed by atoms with Crippen molar-refractivity contribution in [1.29, 1.82) is 5.41 Å². The lowest BCUT2D eigenvalue weighted by Gasteiger charge is -2.07. The van der Waals surface area contributed by atoms with Crippen LogP contribution in [0.1, 0.15) is 5.69 Å². The molecule has 0 radical (unpaired) electrons. The predicted molar refractivity (Wildman–Crippen MR) is 86.5 cm³/mol. The highest BCUT2D eigenvalue weighted by Crippen LogP contribution is 2.24. The van der Waals surface area contributed by atoms with Crippen LogP contribution in [0, 0.1) is 5.41 Å². The largest absolute Gasteiger partial charge is 0.457 e. The summed E-state index contributed by atoms with van der Waals surface area (Å²) >= 11 is 0. The number of nitrogens with one attached hydrogen (secondary N) is 1. The van der Waals surface area contributed by atoms with E-state index < -0.39 is 0 Å². The summed E-state index contributed by atoms with van der Waals surface area (Å²) in [5.74, 6) is 1.51. The molecule has 0 aliphatic carbocycles. The number of pyridine rings is 1. The molecule has 1 heterocycles. The molecule has 21 heavy (non-hydrogen) atoms. The van der Waals surface area contributed by atoms with Gasteiger partial charge in [0.1, 0.15) is 23.0 Å². The van der Waals surface area contributed by atoms with Gasteiger partial charge in [-0.1, -0.05) is 24.3 Å². The fourth-order valence-corrected chi connectivity index (χ4v) is 1.94. The van der Waals surface area contributed by atoms with E-state index in [2.05, 4.69) is 4.98 Å². The van der Waals surface area contributed by atoms with Crippen LogP contribution in [0.2, 0.25) is 0 Å². The maximum absolute atomic E-state index is 7.39. The number of aromatic nitrogens is 1. The van der Waals surface area contributed by atoms with Gasteiger partial charge in [0, 0.05) is 5.39 Å². The molecule has 0 amide bonds. The first-order chi connectivity index (χ1) is 9.72. The van der Waals surface area contributed by atoms with E-state index in [1.54, 1.807) is 6.07 Å². The van der Waals surface area contributed by atoms with Gasteiger partial charge in [-0.05, 0) is 36.4 Å². The molecule has 3 rings (SSSR count). The molecule has 106 valence electrons. The molecule has 0 fully saturated rings. The molecule has 1 aromatic heterocycles. The third-order valence-corrected chi connectivity index (χ3v) is 2.92. The number of nitrogens with zero attached hydrogens (tertiary/aromatic N) is 1. The minimum absolute atomic E-state index is 0. The van der Waals surface area contributed by atoms with Crippen molar-refractivity contribution in [2.45, 2.75) is 0 Å². The lowest BCUT2D eigenvalue weighted by atomic mass is 10.2. The van der Waals surface area contributed by atoms with Gasteiger partial charge in [0.15, 0.2) is 0 Å². The van der Waals surface area contributed by atoms with Crippen molar-refractivity contribution < 1.29 is 4.74 Å². The summed E-state index contributed by atoms with van der Waals surface area (Å²) in [4.78, 5) is 4.32. The van der Waals surface area contributed by atoms with Gasteiger partial charge in [-0.3, -0.25) is 5.41 Å². The highest BCUT2D eigenvalue weighted by molar-refractivity contribution is 5.95. The van der Waals surface area contributed by atoms with Crippen molar-refractivity contribution in [3.05, 3.63) is 66.4 Å². The number of nitrogens with two attached hydrogens (primary N) is 1. The molecule has 0 aliphatic heterocycles. The Morgan fingerprint density at radius 2 is 1.71 bits per heavy atom. The Hall–Kier alpha value is -2.59. The maximum atomic E-state index is 7.39. The van der Waals surface area contributed by atoms with Crippen molar-refractivity contribution >= 4 is 29.1 Å². The monoisotopic (exact) mass is 299 g/mol. The number of para-hydroxylation sites is 1. The summed E-state index contributed by atoms with van der Waals surface area (Å²) in [6.45, 7) is 0. The lowest BCUT2D eigenvalue weighted by Crippen LogP contribution is -2.12. The van der Waals surface area contributed by atoms with Crippen molar-refractivity contribution in [2.75, 3.05) is 0 Å². The Bertz CT molecular complexity index is 775. The summed E-state index contributed by atoms with van der Waals surface area (Å²) in [6.07, 6.45) is 0. The van der Waals surface area contributed by atoms with Gasteiger partial charge in [-0.15, -0.1) is 12.4 Å². The van der Waals surface area contributed by atoms with Crippen molar-refractivity contribution in [1.82, 2.24) is 4.98 Å². The Kier molecular flexibility index (Phi) is 4.40. The van der Waals surface area contributed by atoms with Crippen LogP contribution in [-0.4, -0.2) is 10.8 Å².